The number of aromatic nitrogens is 1. The lowest BCUT2D eigenvalue weighted by Gasteiger charge is -2.10. The van der Waals surface area contributed by atoms with Crippen molar-refractivity contribution in [3.8, 4) is 11.5 Å². The van der Waals surface area contributed by atoms with Crippen LogP contribution in [0.1, 0.15) is 15.9 Å². The zero-order chi connectivity index (χ0) is 13.0. The zero-order valence-electron chi connectivity index (χ0n) is 9.54. The average Bonchev–Trinajstić information content (AvgIpc) is 2.38. The number of carbonyl (C=O) groups is 1. The van der Waals surface area contributed by atoms with Gasteiger partial charge in [-0.15, -0.1) is 0 Å². The number of nitrogens with two attached hydrogens (primary N) is 1. The third-order valence-electron chi connectivity index (χ3n) is 2.47. The highest BCUT2D eigenvalue weighted by atomic mass is 16.5. The molecular weight excluding hydrogens is 232 g/mol. The molecule has 0 atom stereocenters. The molecular formula is C13H12N2O3. The normalized spacial score (nSPS) is 10.0. The number of phenols is 1. The van der Waals surface area contributed by atoms with Gasteiger partial charge in [0.05, 0.1) is 5.56 Å². The van der Waals surface area contributed by atoms with Gasteiger partial charge in [0.15, 0.2) is 6.29 Å². The third kappa shape index (κ3) is 2.40. The quantitative estimate of drug-likeness (QED) is 0.800. The van der Waals surface area contributed by atoms with Crippen LogP contribution in [-0.4, -0.2) is 16.4 Å². The standard InChI is InChI=1S/C13H12N2O3/c14-13-9(3-2-6-15-13)8-18-12-5-1-4-11(17)10(12)7-16/h1-7,17H,8H2,(H2,14,15). The average molecular weight is 244 g/mol. The van der Waals surface area contributed by atoms with Crippen molar-refractivity contribution < 1.29 is 14.6 Å². The number of hydrogen-bond donors (Lipinski definition) is 2. The van der Waals surface area contributed by atoms with Crippen LogP contribution in [0.3, 0.4) is 0 Å². The second-order valence-corrected chi connectivity index (χ2v) is 3.64. The smallest absolute Gasteiger partial charge is 0.157 e. The van der Waals surface area contributed by atoms with Crippen molar-refractivity contribution in [2.24, 2.45) is 0 Å². The SMILES string of the molecule is Nc1ncccc1COc1cccc(O)c1C=O. The first kappa shape index (κ1) is 11.9. The van der Waals surface area contributed by atoms with E-state index in [9.17, 15) is 9.90 Å². The van der Waals surface area contributed by atoms with E-state index in [1.165, 1.54) is 6.07 Å². The molecule has 2 rings (SSSR count). The van der Waals surface area contributed by atoms with Crippen molar-refractivity contribution in [2.75, 3.05) is 5.73 Å². The molecule has 0 saturated heterocycles. The summed E-state index contributed by atoms with van der Waals surface area (Å²) in [6, 6.07) is 8.17. The second-order valence-electron chi connectivity index (χ2n) is 3.64. The van der Waals surface area contributed by atoms with Gasteiger partial charge in [0.25, 0.3) is 0 Å². The van der Waals surface area contributed by atoms with Crippen molar-refractivity contribution in [1.29, 1.82) is 0 Å². The number of rotatable bonds is 4. The Labute approximate surface area is 104 Å². The van der Waals surface area contributed by atoms with Gasteiger partial charge in [-0.1, -0.05) is 12.1 Å². The minimum Gasteiger partial charge on any atom is -0.507 e. The summed E-state index contributed by atoms with van der Waals surface area (Å²) in [5.41, 5.74) is 6.52. The van der Waals surface area contributed by atoms with Crippen LogP contribution in [0.15, 0.2) is 36.5 Å². The van der Waals surface area contributed by atoms with Gasteiger partial charge in [-0.25, -0.2) is 4.98 Å². The van der Waals surface area contributed by atoms with E-state index in [1.54, 1.807) is 30.5 Å². The van der Waals surface area contributed by atoms with Gasteiger partial charge in [0.1, 0.15) is 23.9 Å². The molecule has 2 aromatic rings. The molecule has 5 heteroatoms. The predicted molar refractivity (Wildman–Crippen MR) is 66.5 cm³/mol. The molecule has 0 saturated carbocycles. The molecule has 0 radical (unpaired) electrons. The molecule has 0 aliphatic heterocycles. The molecule has 1 heterocycles. The minimum atomic E-state index is -0.110. The molecule has 1 aromatic carbocycles. The Morgan fingerprint density at radius 3 is 2.89 bits per heavy atom. The number of aldehydes is 1. The number of nitrogen functional groups attached to an aromatic ring is 1. The van der Waals surface area contributed by atoms with Crippen LogP contribution in [0.5, 0.6) is 11.5 Å². The molecule has 0 aliphatic carbocycles. The number of aromatic hydroxyl groups is 1. The molecule has 1 aromatic heterocycles. The van der Waals surface area contributed by atoms with E-state index in [-0.39, 0.29) is 17.9 Å². The van der Waals surface area contributed by atoms with Gasteiger partial charge in [-0.05, 0) is 18.2 Å². The van der Waals surface area contributed by atoms with Gasteiger partial charge in [-0.3, -0.25) is 4.79 Å². The fraction of sp³-hybridized carbons (Fsp3) is 0.0769. The fourth-order valence-corrected chi connectivity index (χ4v) is 1.51. The maximum Gasteiger partial charge on any atom is 0.157 e. The Kier molecular flexibility index (Phi) is 3.43. The first-order valence-corrected chi connectivity index (χ1v) is 5.31. The number of benzene rings is 1. The summed E-state index contributed by atoms with van der Waals surface area (Å²) in [5, 5.41) is 9.49. The van der Waals surface area contributed by atoms with Crippen molar-refractivity contribution >= 4 is 12.1 Å². The van der Waals surface area contributed by atoms with Crippen LogP contribution < -0.4 is 10.5 Å². The first-order valence-electron chi connectivity index (χ1n) is 5.31. The number of carbonyl (C=O) groups excluding carboxylic acids is 1. The highest BCUT2D eigenvalue weighted by molar-refractivity contribution is 5.83. The Morgan fingerprint density at radius 1 is 1.33 bits per heavy atom. The van der Waals surface area contributed by atoms with Crippen LogP contribution in [-0.2, 0) is 6.61 Å². The van der Waals surface area contributed by atoms with Crippen molar-refractivity contribution in [3.05, 3.63) is 47.7 Å². The number of phenolic OH excluding ortho intramolecular Hbond substituents is 1. The van der Waals surface area contributed by atoms with E-state index in [1.807, 2.05) is 0 Å². The summed E-state index contributed by atoms with van der Waals surface area (Å²) >= 11 is 0. The molecule has 3 N–H and O–H groups in total. The van der Waals surface area contributed by atoms with Gasteiger partial charge >= 0.3 is 0 Å². The van der Waals surface area contributed by atoms with Crippen LogP contribution in [0, 0.1) is 0 Å². The van der Waals surface area contributed by atoms with Crippen molar-refractivity contribution in [3.63, 3.8) is 0 Å². The minimum absolute atomic E-state index is 0.110. The number of pyridine rings is 1. The van der Waals surface area contributed by atoms with Gasteiger partial charge in [0.2, 0.25) is 0 Å². The topological polar surface area (TPSA) is 85.4 Å². The van der Waals surface area contributed by atoms with E-state index in [0.29, 0.717) is 17.9 Å². The molecule has 0 aliphatic rings. The summed E-state index contributed by atoms with van der Waals surface area (Å²) in [7, 11) is 0. The summed E-state index contributed by atoms with van der Waals surface area (Å²) in [6.45, 7) is 0.184. The molecule has 0 spiro atoms. The van der Waals surface area contributed by atoms with E-state index >= 15 is 0 Å². The monoisotopic (exact) mass is 244 g/mol. The van der Waals surface area contributed by atoms with E-state index in [4.69, 9.17) is 10.5 Å². The molecule has 18 heavy (non-hydrogen) atoms. The Morgan fingerprint density at radius 2 is 2.17 bits per heavy atom. The number of anilines is 1. The largest absolute Gasteiger partial charge is 0.507 e. The fourth-order valence-electron chi connectivity index (χ4n) is 1.51. The van der Waals surface area contributed by atoms with E-state index in [0.717, 1.165) is 5.56 Å². The van der Waals surface area contributed by atoms with Gasteiger partial charge < -0.3 is 15.6 Å². The molecule has 92 valence electrons. The van der Waals surface area contributed by atoms with E-state index in [2.05, 4.69) is 4.98 Å². The Hall–Kier alpha value is -2.56. The lowest BCUT2D eigenvalue weighted by atomic mass is 10.2. The third-order valence-corrected chi connectivity index (χ3v) is 2.47. The van der Waals surface area contributed by atoms with Crippen LogP contribution in [0.2, 0.25) is 0 Å². The zero-order valence-corrected chi connectivity index (χ0v) is 9.54. The number of hydrogen-bond acceptors (Lipinski definition) is 5. The summed E-state index contributed by atoms with van der Waals surface area (Å²) in [5.74, 6) is 0.584. The number of ether oxygens (including phenoxy) is 1. The highest BCUT2D eigenvalue weighted by Gasteiger charge is 2.08. The maximum atomic E-state index is 10.8. The lowest BCUT2D eigenvalue weighted by Crippen LogP contribution is -2.03. The molecule has 0 amide bonds. The molecule has 0 fully saturated rings. The van der Waals surface area contributed by atoms with Crippen LogP contribution in [0.4, 0.5) is 5.82 Å². The molecule has 5 nitrogen and oxygen atoms in total. The van der Waals surface area contributed by atoms with E-state index < -0.39 is 0 Å². The summed E-state index contributed by atoms with van der Waals surface area (Å²) in [6.07, 6.45) is 2.14. The lowest BCUT2D eigenvalue weighted by molar-refractivity contribution is 0.111. The second kappa shape index (κ2) is 5.18. The Balaban J connectivity index is 2.18. The summed E-state index contributed by atoms with van der Waals surface area (Å²) in [4.78, 5) is 14.8. The maximum absolute atomic E-state index is 10.8. The molecule has 0 bridgehead atoms. The Bertz CT molecular complexity index is 570. The summed E-state index contributed by atoms with van der Waals surface area (Å²) < 4.78 is 5.46. The first-order chi connectivity index (χ1) is 8.72. The van der Waals surface area contributed by atoms with Crippen molar-refractivity contribution in [1.82, 2.24) is 4.98 Å². The highest BCUT2D eigenvalue weighted by Crippen LogP contribution is 2.26. The van der Waals surface area contributed by atoms with Crippen LogP contribution >= 0.6 is 0 Å². The van der Waals surface area contributed by atoms with Gasteiger partial charge in [0, 0.05) is 11.8 Å². The van der Waals surface area contributed by atoms with Gasteiger partial charge in [-0.2, -0.15) is 0 Å². The molecule has 0 unspecified atom stereocenters. The van der Waals surface area contributed by atoms with Crippen LogP contribution in [0.25, 0.3) is 0 Å². The predicted octanol–water partition coefficient (Wildman–Crippen LogP) is 1.76. The number of nitrogens with zero attached hydrogens (tertiary/aromatic N) is 1. The van der Waals surface area contributed by atoms with Crippen molar-refractivity contribution in [2.45, 2.75) is 6.61 Å².